The van der Waals surface area contributed by atoms with Crippen molar-refractivity contribution in [1.29, 1.82) is 0 Å². The van der Waals surface area contributed by atoms with E-state index < -0.39 is 0 Å². The average molecular weight is 311 g/mol. The molecule has 118 valence electrons. The van der Waals surface area contributed by atoms with Gasteiger partial charge >= 0.3 is 5.97 Å². The van der Waals surface area contributed by atoms with E-state index in [9.17, 15) is 4.79 Å². The Balaban J connectivity index is 1.78. The summed E-state index contributed by atoms with van der Waals surface area (Å²) in [7, 11) is 2.18. The van der Waals surface area contributed by atoms with Crippen molar-refractivity contribution in [3.05, 3.63) is 10.6 Å². The monoisotopic (exact) mass is 311 g/mol. The quantitative estimate of drug-likeness (QED) is 0.819. The molecule has 1 aromatic rings. The number of aromatic nitrogens is 1. The lowest BCUT2D eigenvalue weighted by Gasteiger charge is -2.28. The molecule has 1 fully saturated rings. The molecule has 0 bridgehead atoms. The summed E-state index contributed by atoms with van der Waals surface area (Å²) in [6, 6.07) is 0. The zero-order valence-electron chi connectivity index (χ0n) is 13.1. The molecule has 0 aliphatic carbocycles. The maximum Gasteiger partial charge on any atom is 0.358 e. The number of ether oxygens (including phenoxy) is 1. The Bertz CT molecular complexity index is 467. The number of carbonyl (C=O) groups excluding carboxylic acids is 1. The molecule has 5 nitrogen and oxygen atoms in total. The van der Waals surface area contributed by atoms with Crippen LogP contribution in [-0.4, -0.2) is 49.1 Å². The lowest BCUT2D eigenvalue weighted by molar-refractivity contribution is 0.0519. The molecule has 1 N–H and O–H groups in total. The van der Waals surface area contributed by atoms with E-state index in [2.05, 4.69) is 22.2 Å². The molecule has 1 aliphatic heterocycles. The molecule has 0 aromatic carbocycles. The topological polar surface area (TPSA) is 54.5 Å². The van der Waals surface area contributed by atoms with E-state index in [1.54, 1.807) is 6.92 Å². The summed E-state index contributed by atoms with van der Waals surface area (Å²) in [5.41, 5.74) is 0.448. The Morgan fingerprint density at radius 3 is 2.86 bits per heavy atom. The SMILES string of the molecule is CCOC(=O)c1nc(NCCC2CCN(C)CC2)sc1C. The summed E-state index contributed by atoms with van der Waals surface area (Å²) in [6.45, 7) is 7.42. The fraction of sp³-hybridized carbons (Fsp3) is 0.733. The van der Waals surface area contributed by atoms with Crippen LogP contribution in [0, 0.1) is 12.8 Å². The van der Waals surface area contributed by atoms with Crippen molar-refractivity contribution in [1.82, 2.24) is 9.88 Å². The van der Waals surface area contributed by atoms with Crippen molar-refractivity contribution < 1.29 is 9.53 Å². The second kappa shape index (κ2) is 7.75. The third kappa shape index (κ3) is 4.68. The van der Waals surface area contributed by atoms with Crippen molar-refractivity contribution >= 4 is 22.4 Å². The number of hydrogen-bond donors (Lipinski definition) is 1. The number of thiazole rings is 1. The first kappa shape index (κ1) is 16.2. The lowest BCUT2D eigenvalue weighted by Crippen LogP contribution is -2.30. The highest BCUT2D eigenvalue weighted by Crippen LogP contribution is 2.24. The Kier molecular flexibility index (Phi) is 5.99. The van der Waals surface area contributed by atoms with E-state index in [0.29, 0.717) is 12.3 Å². The number of aryl methyl sites for hydroxylation is 1. The Hall–Kier alpha value is -1.14. The fourth-order valence-electron chi connectivity index (χ4n) is 2.59. The van der Waals surface area contributed by atoms with Crippen LogP contribution in [0.1, 0.15) is 41.6 Å². The molecule has 1 aromatic heterocycles. The van der Waals surface area contributed by atoms with Crippen molar-refractivity contribution in [2.45, 2.75) is 33.1 Å². The molecule has 2 heterocycles. The van der Waals surface area contributed by atoms with Gasteiger partial charge in [-0.15, -0.1) is 11.3 Å². The predicted octanol–water partition coefficient (Wildman–Crippen LogP) is 2.77. The molecule has 0 spiro atoms. The number of piperidine rings is 1. The maximum atomic E-state index is 11.7. The first-order valence-corrected chi connectivity index (χ1v) is 8.48. The van der Waals surface area contributed by atoms with E-state index in [1.807, 2.05) is 6.92 Å². The number of hydrogen-bond acceptors (Lipinski definition) is 6. The number of rotatable bonds is 6. The molecular formula is C15H25N3O2S. The van der Waals surface area contributed by atoms with Crippen LogP contribution in [0.5, 0.6) is 0 Å². The van der Waals surface area contributed by atoms with E-state index >= 15 is 0 Å². The molecule has 1 aliphatic rings. The van der Waals surface area contributed by atoms with Gasteiger partial charge in [0.2, 0.25) is 0 Å². The van der Waals surface area contributed by atoms with Crippen molar-refractivity contribution in [2.75, 3.05) is 38.6 Å². The summed E-state index contributed by atoms with van der Waals surface area (Å²) < 4.78 is 5.00. The summed E-state index contributed by atoms with van der Waals surface area (Å²) >= 11 is 1.52. The van der Waals surface area contributed by atoms with Gasteiger partial charge in [0.15, 0.2) is 10.8 Å². The summed E-state index contributed by atoms with van der Waals surface area (Å²) in [4.78, 5) is 19.4. The molecule has 0 saturated carbocycles. The highest BCUT2D eigenvalue weighted by atomic mass is 32.1. The van der Waals surface area contributed by atoms with Crippen molar-refractivity contribution in [3.8, 4) is 0 Å². The van der Waals surface area contributed by atoms with Crippen LogP contribution in [0.3, 0.4) is 0 Å². The zero-order chi connectivity index (χ0) is 15.2. The van der Waals surface area contributed by atoms with Gasteiger partial charge in [-0.2, -0.15) is 0 Å². The molecule has 0 atom stereocenters. The van der Waals surface area contributed by atoms with Crippen molar-refractivity contribution in [2.24, 2.45) is 5.92 Å². The number of likely N-dealkylation sites (tertiary alicyclic amines) is 1. The van der Waals surface area contributed by atoms with Crippen LogP contribution in [0.15, 0.2) is 0 Å². The Morgan fingerprint density at radius 1 is 1.48 bits per heavy atom. The third-order valence-electron chi connectivity index (χ3n) is 3.93. The van der Waals surface area contributed by atoms with Gasteiger partial charge in [-0.3, -0.25) is 0 Å². The van der Waals surface area contributed by atoms with E-state index in [-0.39, 0.29) is 5.97 Å². The molecular weight excluding hydrogens is 286 g/mol. The third-order valence-corrected chi connectivity index (χ3v) is 4.86. The number of nitrogens with zero attached hydrogens (tertiary/aromatic N) is 2. The molecule has 0 unspecified atom stereocenters. The maximum absolute atomic E-state index is 11.7. The summed E-state index contributed by atoms with van der Waals surface area (Å²) in [5.74, 6) is 0.480. The van der Waals surface area contributed by atoms with Crippen LogP contribution < -0.4 is 5.32 Å². The Morgan fingerprint density at radius 2 is 2.19 bits per heavy atom. The standard InChI is InChI=1S/C15H25N3O2S/c1-4-20-14(19)13-11(2)21-15(17-13)16-8-5-12-6-9-18(3)10-7-12/h12H,4-10H2,1-3H3,(H,16,17). The molecule has 21 heavy (non-hydrogen) atoms. The van der Waals surface area contributed by atoms with Gasteiger partial charge in [0.1, 0.15) is 0 Å². The second-order valence-electron chi connectivity index (χ2n) is 5.61. The van der Waals surface area contributed by atoms with Gasteiger partial charge in [-0.1, -0.05) is 0 Å². The summed E-state index contributed by atoms with van der Waals surface area (Å²) in [6.07, 6.45) is 3.73. The van der Waals surface area contributed by atoms with Gasteiger partial charge in [-0.05, 0) is 59.2 Å². The van der Waals surface area contributed by atoms with Gasteiger partial charge in [0.25, 0.3) is 0 Å². The van der Waals surface area contributed by atoms with E-state index in [4.69, 9.17) is 4.74 Å². The minimum Gasteiger partial charge on any atom is -0.461 e. The molecule has 0 amide bonds. The van der Waals surface area contributed by atoms with E-state index in [1.165, 1.54) is 43.7 Å². The van der Waals surface area contributed by atoms with Gasteiger partial charge in [-0.25, -0.2) is 9.78 Å². The predicted molar refractivity (Wildman–Crippen MR) is 86.1 cm³/mol. The minimum absolute atomic E-state index is 0.324. The van der Waals surface area contributed by atoms with Gasteiger partial charge < -0.3 is 15.0 Å². The number of anilines is 1. The highest BCUT2D eigenvalue weighted by molar-refractivity contribution is 7.15. The zero-order valence-corrected chi connectivity index (χ0v) is 14.0. The highest BCUT2D eigenvalue weighted by Gasteiger charge is 2.18. The van der Waals surface area contributed by atoms with Crippen LogP contribution in [-0.2, 0) is 4.74 Å². The van der Waals surface area contributed by atoms with Gasteiger partial charge in [0.05, 0.1) is 6.61 Å². The lowest BCUT2D eigenvalue weighted by atomic mass is 9.94. The first-order chi connectivity index (χ1) is 10.1. The number of carbonyl (C=O) groups is 1. The first-order valence-electron chi connectivity index (χ1n) is 7.67. The summed E-state index contributed by atoms with van der Waals surface area (Å²) in [5, 5.41) is 4.17. The number of esters is 1. The van der Waals surface area contributed by atoms with Crippen LogP contribution in [0.25, 0.3) is 0 Å². The normalized spacial score (nSPS) is 16.9. The largest absolute Gasteiger partial charge is 0.461 e. The molecule has 1 saturated heterocycles. The van der Waals surface area contributed by atoms with Crippen LogP contribution in [0.4, 0.5) is 5.13 Å². The number of nitrogens with one attached hydrogen (secondary N) is 1. The average Bonchev–Trinajstić information content (AvgIpc) is 2.82. The molecule has 2 rings (SSSR count). The van der Waals surface area contributed by atoms with Gasteiger partial charge in [0, 0.05) is 11.4 Å². The Labute approximate surface area is 130 Å². The second-order valence-corrected chi connectivity index (χ2v) is 6.81. The van der Waals surface area contributed by atoms with Crippen LogP contribution >= 0.6 is 11.3 Å². The minimum atomic E-state index is -0.324. The molecule has 6 heteroatoms. The van der Waals surface area contributed by atoms with E-state index in [0.717, 1.165) is 22.5 Å². The molecule has 0 radical (unpaired) electrons. The smallest absolute Gasteiger partial charge is 0.358 e. The van der Waals surface area contributed by atoms with Crippen LogP contribution in [0.2, 0.25) is 0 Å². The van der Waals surface area contributed by atoms with Crippen molar-refractivity contribution in [3.63, 3.8) is 0 Å². The fourth-order valence-corrected chi connectivity index (χ4v) is 3.42.